The summed E-state index contributed by atoms with van der Waals surface area (Å²) in [5, 5.41) is 0. The molecule has 0 heterocycles. The Kier molecular flexibility index (Phi) is 12.4. The smallest absolute Gasteiger partial charge is 0.455 e. The molecule has 0 rings (SSSR count). The molecule has 0 amide bonds. The number of hydrogen-bond acceptors (Lipinski definition) is 5. The van der Waals surface area contributed by atoms with E-state index < -0.39 is 38.6 Å². The molecule has 0 saturated carbocycles. The minimum atomic E-state index is -2.41. The molecule has 144 valence electrons. The first-order chi connectivity index (χ1) is 11.1. The van der Waals surface area contributed by atoms with Crippen molar-refractivity contribution >= 4 is 25.6 Å². The van der Waals surface area contributed by atoms with Gasteiger partial charge < -0.3 is 17.9 Å². The second-order valence-electron chi connectivity index (χ2n) is 6.97. The predicted molar refractivity (Wildman–Crippen MR) is 95.7 cm³/mol. The van der Waals surface area contributed by atoms with Gasteiger partial charge in [-0.15, -0.1) is 0 Å². The first-order valence-electron chi connectivity index (χ1n) is 8.46. The lowest BCUT2D eigenvalue weighted by Crippen LogP contribution is -2.44. The lowest BCUT2D eigenvalue weighted by atomic mass is 10.5. The summed E-state index contributed by atoms with van der Waals surface area (Å²) in [6, 6.07) is 2.08. The van der Waals surface area contributed by atoms with Gasteiger partial charge in [-0.1, -0.05) is 6.92 Å². The van der Waals surface area contributed by atoms with E-state index in [1.54, 1.807) is 0 Å². The summed E-state index contributed by atoms with van der Waals surface area (Å²) < 4.78 is 51.9. The molecular weight excluding hydrogens is 370 g/mol. The van der Waals surface area contributed by atoms with Crippen LogP contribution in [0.25, 0.3) is 0 Å². The van der Waals surface area contributed by atoms with Crippen molar-refractivity contribution in [3.8, 4) is 0 Å². The molecule has 0 unspecified atom stereocenters. The van der Waals surface area contributed by atoms with Gasteiger partial charge >= 0.3 is 8.93 Å². The molecule has 0 radical (unpaired) electrons. The first-order valence-corrected chi connectivity index (χ1v) is 16.2. The topological polar surface area (TPSA) is 54.0 Å². The molecule has 0 spiro atoms. The van der Waals surface area contributed by atoms with Crippen molar-refractivity contribution in [2.24, 2.45) is 0 Å². The van der Waals surface area contributed by atoms with E-state index in [-0.39, 0.29) is 0 Å². The summed E-state index contributed by atoms with van der Waals surface area (Å²) in [7, 11) is -6.01. The zero-order valence-electron chi connectivity index (χ0n) is 15.5. The van der Waals surface area contributed by atoms with Crippen molar-refractivity contribution in [1.29, 1.82) is 0 Å². The second kappa shape index (κ2) is 12.4. The van der Waals surface area contributed by atoms with E-state index in [4.69, 9.17) is 18.3 Å². The first kappa shape index (κ1) is 24.0. The maximum atomic E-state index is 12.0. The standard InChI is InChI=1S/C14H32F2O5Si3/c1-6-8-19-20-22(17)10-12-24(4,5)21-23(2,3)11-7-9-18-13-14(15)16/h14H,6-13H2,1-5H3. The summed E-state index contributed by atoms with van der Waals surface area (Å²) in [4.78, 5) is 4.85. The minimum absolute atomic E-state index is 0.336. The van der Waals surface area contributed by atoms with Gasteiger partial charge in [0.1, 0.15) is 6.61 Å². The van der Waals surface area contributed by atoms with Gasteiger partial charge in [-0.2, -0.15) is 0 Å². The van der Waals surface area contributed by atoms with Gasteiger partial charge in [-0.25, -0.2) is 13.7 Å². The van der Waals surface area contributed by atoms with E-state index in [0.717, 1.165) is 24.9 Å². The van der Waals surface area contributed by atoms with Crippen molar-refractivity contribution in [2.45, 2.75) is 70.5 Å². The van der Waals surface area contributed by atoms with Gasteiger partial charge in [-0.3, -0.25) is 0 Å². The van der Waals surface area contributed by atoms with Crippen molar-refractivity contribution in [2.75, 3.05) is 19.8 Å². The largest absolute Gasteiger partial charge is 0.537 e. The van der Waals surface area contributed by atoms with Crippen LogP contribution in [0.3, 0.4) is 0 Å². The molecule has 0 saturated heterocycles. The Morgan fingerprint density at radius 2 is 1.67 bits per heavy atom. The van der Waals surface area contributed by atoms with Crippen molar-refractivity contribution in [3.05, 3.63) is 0 Å². The van der Waals surface area contributed by atoms with E-state index in [0.29, 0.717) is 19.3 Å². The highest BCUT2D eigenvalue weighted by atomic mass is 28.4. The van der Waals surface area contributed by atoms with Crippen LogP contribution in [0.2, 0.25) is 44.3 Å². The fourth-order valence-corrected chi connectivity index (χ4v) is 13.6. The van der Waals surface area contributed by atoms with E-state index in [2.05, 4.69) is 26.2 Å². The van der Waals surface area contributed by atoms with Crippen molar-refractivity contribution < 1.29 is 31.6 Å². The molecule has 0 atom stereocenters. The molecule has 0 aromatic heterocycles. The van der Waals surface area contributed by atoms with E-state index >= 15 is 0 Å². The number of alkyl halides is 2. The normalized spacial score (nSPS) is 12.7. The van der Waals surface area contributed by atoms with Gasteiger partial charge in [0, 0.05) is 12.7 Å². The molecule has 5 nitrogen and oxygen atoms in total. The average Bonchev–Trinajstić information content (AvgIpc) is 2.43. The highest BCUT2D eigenvalue weighted by molar-refractivity contribution is 6.85. The number of rotatable bonds is 15. The third-order valence-electron chi connectivity index (χ3n) is 3.23. The van der Waals surface area contributed by atoms with E-state index in [9.17, 15) is 13.2 Å². The highest BCUT2D eigenvalue weighted by Crippen LogP contribution is 2.24. The third-order valence-corrected chi connectivity index (χ3v) is 12.1. The molecule has 10 heteroatoms. The molecule has 0 aliphatic carbocycles. The zero-order chi connectivity index (χ0) is 18.6. The van der Waals surface area contributed by atoms with Crippen LogP contribution in [0.1, 0.15) is 19.8 Å². The summed E-state index contributed by atoms with van der Waals surface area (Å²) in [6.07, 6.45) is -0.871. The molecule has 0 fully saturated rings. The SMILES string of the molecule is CCCOO[Si](=O)CC[Si](C)(C)O[Si](C)(C)CCCOCC(F)F. The Labute approximate surface area is 148 Å². The Hall–Kier alpha value is -0.00935. The predicted octanol–water partition coefficient (Wildman–Crippen LogP) is 4.36. The molecule has 0 aliphatic heterocycles. The molecule has 24 heavy (non-hydrogen) atoms. The second-order valence-corrected chi connectivity index (χ2v) is 17.2. The van der Waals surface area contributed by atoms with Crippen LogP contribution in [0.15, 0.2) is 0 Å². The number of hydrogen-bond donors (Lipinski definition) is 0. The van der Waals surface area contributed by atoms with Crippen LogP contribution in [-0.4, -0.2) is 51.8 Å². The summed E-state index contributed by atoms with van der Waals surface area (Å²) in [5.41, 5.74) is 0. The van der Waals surface area contributed by atoms with Crippen molar-refractivity contribution in [3.63, 3.8) is 0 Å². The third kappa shape index (κ3) is 14.3. The summed E-state index contributed by atoms with van der Waals surface area (Å²) in [6.45, 7) is 10.7. The fourth-order valence-electron chi connectivity index (χ4n) is 2.26. The molecule has 0 aromatic carbocycles. The molecular formula is C14H32F2O5Si3. The van der Waals surface area contributed by atoms with Crippen molar-refractivity contribution in [1.82, 2.24) is 0 Å². The summed E-state index contributed by atoms with van der Waals surface area (Å²) >= 11 is 0. The lowest BCUT2D eigenvalue weighted by Gasteiger charge is -2.34. The van der Waals surface area contributed by atoms with Gasteiger partial charge in [0.15, 0.2) is 16.6 Å². The Morgan fingerprint density at radius 3 is 2.25 bits per heavy atom. The Balaban J connectivity index is 4.04. The monoisotopic (exact) mass is 402 g/mol. The number of ether oxygens (including phenoxy) is 1. The van der Waals surface area contributed by atoms with Crippen LogP contribution in [0, 0.1) is 0 Å². The Bertz CT molecular complexity index is 357. The molecule has 0 aromatic rings. The van der Waals surface area contributed by atoms with Crippen LogP contribution < -0.4 is 0 Å². The quantitative estimate of drug-likeness (QED) is 0.176. The van der Waals surface area contributed by atoms with E-state index in [1.165, 1.54) is 0 Å². The average molecular weight is 403 g/mol. The molecule has 0 N–H and O–H groups in total. The number of halogens is 2. The van der Waals surface area contributed by atoms with Crippen LogP contribution in [0.4, 0.5) is 8.78 Å². The maximum absolute atomic E-state index is 12.0. The minimum Gasteiger partial charge on any atom is -0.455 e. The molecule has 0 aliphatic rings. The van der Waals surface area contributed by atoms with Gasteiger partial charge in [0.2, 0.25) is 0 Å². The van der Waals surface area contributed by atoms with Crippen LogP contribution in [-0.2, 0) is 22.8 Å². The fraction of sp³-hybridized carbons (Fsp3) is 1.00. The van der Waals surface area contributed by atoms with Crippen LogP contribution in [0.5, 0.6) is 0 Å². The van der Waals surface area contributed by atoms with Gasteiger partial charge in [-0.05, 0) is 51.1 Å². The van der Waals surface area contributed by atoms with Gasteiger partial charge in [0.05, 0.1) is 6.61 Å². The summed E-state index contributed by atoms with van der Waals surface area (Å²) in [5.74, 6) is 0. The van der Waals surface area contributed by atoms with Gasteiger partial charge in [0.25, 0.3) is 6.43 Å². The molecule has 0 bridgehead atoms. The van der Waals surface area contributed by atoms with E-state index in [1.807, 2.05) is 6.92 Å². The maximum Gasteiger partial charge on any atom is 0.537 e. The Morgan fingerprint density at radius 1 is 1.04 bits per heavy atom. The zero-order valence-corrected chi connectivity index (χ0v) is 18.5. The highest BCUT2D eigenvalue weighted by Gasteiger charge is 2.33. The lowest BCUT2D eigenvalue weighted by molar-refractivity contribution is -0.215. The van der Waals surface area contributed by atoms with Crippen LogP contribution >= 0.6 is 0 Å².